The van der Waals surface area contributed by atoms with E-state index in [-0.39, 0.29) is 0 Å². The number of fused-ring (bicyclic) bond motifs is 4. The van der Waals surface area contributed by atoms with Gasteiger partial charge < -0.3 is 10.4 Å². The topological polar surface area (TPSA) is 65.2 Å². The molecule has 0 saturated heterocycles. The average Bonchev–Trinajstić information content (AvgIpc) is 3.35. The van der Waals surface area contributed by atoms with Crippen LogP contribution >= 0.6 is 0 Å². The van der Waals surface area contributed by atoms with Crippen molar-refractivity contribution in [2.24, 2.45) is 45.8 Å². The number of hydrogen-bond acceptors (Lipinski definition) is 4. The molecule has 4 aliphatic carbocycles. The van der Waals surface area contributed by atoms with Crippen molar-refractivity contribution in [1.82, 2.24) is 0 Å². The van der Waals surface area contributed by atoms with Gasteiger partial charge in [0.05, 0.1) is 0 Å². The zero-order valence-electron chi connectivity index (χ0n) is 14.8. The Labute approximate surface area is 145 Å². The molecule has 4 bridgehead atoms. The van der Waals surface area contributed by atoms with E-state index in [9.17, 15) is 0 Å². The van der Waals surface area contributed by atoms with Gasteiger partial charge >= 0.3 is 0 Å². The molecule has 0 amide bonds. The zero-order chi connectivity index (χ0) is 17.1. The van der Waals surface area contributed by atoms with Crippen LogP contribution in [0.4, 0.5) is 0 Å². The van der Waals surface area contributed by atoms with Gasteiger partial charge in [0.25, 0.3) is 0 Å². The molecule has 0 aromatic rings. The lowest BCUT2D eigenvalue weighted by Gasteiger charge is -2.19. The normalized spacial score (nSPS) is 43.4. The van der Waals surface area contributed by atoms with E-state index in [2.05, 4.69) is 36.3 Å². The fraction of sp³-hybridized carbons (Fsp3) is 0.700. The standard InChI is InChI=1S/2C10H15NO/c1-2-8-3-7-4-9(6-11-12)10(8)5-7;1-2-7-3-9-4-8(7)5-10(9)6-11-12/h2,6-7,9-10,12H,3-5H2,1H3;2,6,8-10,12H,3-5H2,1H3. The zero-order valence-corrected chi connectivity index (χ0v) is 14.8. The fourth-order valence-electron chi connectivity index (χ4n) is 5.63. The van der Waals surface area contributed by atoms with Gasteiger partial charge in [0.1, 0.15) is 0 Å². The van der Waals surface area contributed by atoms with Gasteiger partial charge in [-0.3, -0.25) is 0 Å². The van der Waals surface area contributed by atoms with Crippen molar-refractivity contribution < 1.29 is 10.4 Å². The minimum absolute atomic E-state index is 0.514. The molecule has 0 spiro atoms. The molecular formula is C20H30N2O2. The van der Waals surface area contributed by atoms with Crippen LogP contribution in [0.3, 0.4) is 0 Å². The molecule has 132 valence electrons. The summed E-state index contributed by atoms with van der Waals surface area (Å²) in [5.41, 5.74) is 3.21. The van der Waals surface area contributed by atoms with Gasteiger partial charge in [-0.1, -0.05) is 23.3 Å². The molecule has 0 heterocycles. The summed E-state index contributed by atoms with van der Waals surface area (Å²) >= 11 is 0. The summed E-state index contributed by atoms with van der Waals surface area (Å²) < 4.78 is 0. The minimum Gasteiger partial charge on any atom is -0.411 e. The quantitative estimate of drug-likeness (QED) is 0.328. The molecular weight excluding hydrogens is 300 g/mol. The van der Waals surface area contributed by atoms with Crippen LogP contribution in [0.1, 0.15) is 52.4 Å². The van der Waals surface area contributed by atoms with Crippen molar-refractivity contribution >= 4 is 12.4 Å². The molecule has 4 aliphatic rings. The van der Waals surface area contributed by atoms with Crippen LogP contribution < -0.4 is 0 Å². The Bertz CT molecular complexity index is 562. The van der Waals surface area contributed by atoms with Gasteiger partial charge in [0.15, 0.2) is 0 Å². The highest BCUT2D eigenvalue weighted by molar-refractivity contribution is 5.62. The number of hydrogen-bond donors (Lipinski definition) is 2. The molecule has 4 rings (SSSR count). The first kappa shape index (κ1) is 17.2. The summed E-state index contributed by atoms with van der Waals surface area (Å²) in [7, 11) is 0. The highest BCUT2D eigenvalue weighted by atomic mass is 16.4. The van der Waals surface area contributed by atoms with Crippen LogP contribution in [-0.2, 0) is 0 Å². The SMILES string of the molecule is CC=C1CC2CC(C=NO)C1C2.CC=C1CC2CC1CC2C=NO. The molecule has 0 aliphatic heterocycles. The van der Waals surface area contributed by atoms with E-state index in [1.807, 2.05) is 0 Å². The summed E-state index contributed by atoms with van der Waals surface area (Å²) in [5.74, 6) is 4.17. The van der Waals surface area contributed by atoms with Crippen LogP contribution in [0.25, 0.3) is 0 Å². The van der Waals surface area contributed by atoms with Gasteiger partial charge in [0, 0.05) is 24.3 Å². The minimum atomic E-state index is 0.514. The first-order chi connectivity index (χ1) is 11.7. The van der Waals surface area contributed by atoms with E-state index in [4.69, 9.17) is 10.4 Å². The van der Waals surface area contributed by atoms with Crippen LogP contribution in [0.15, 0.2) is 33.6 Å². The van der Waals surface area contributed by atoms with E-state index in [0.717, 1.165) is 17.8 Å². The summed E-state index contributed by atoms with van der Waals surface area (Å²) in [6.07, 6.45) is 15.5. The lowest BCUT2D eigenvalue weighted by atomic mass is 9.85. The summed E-state index contributed by atoms with van der Waals surface area (Å²) in [4.78, 5) is 0. The Morgan fingerprint density at radius 1 is 0.833 bits per heavy atom. The Kier molecular flexibility index (Phi) is 5.42. The van der Waals surface area contributed by atoms with Crippen LogP contribution in [0.5, 0.6) is 0 Å². The summed E-state index contributed by atoms with van der Waals surface area (Å²) in [5, 5.41) is 23.2. The van der Waals surface area contributed by atoms with E-state index < -0.39 is 0 Å². The van der Waals surface area contributed by atoms with E-state index in [1.54, 1.807) is 23.6 Å². The van der Waals surface area contributed by atoms with Crippen molar-refractivity contribution in [3.63, 3.8) is 0 Å². The largest absolute Gasteiger partial charge is 0.411 e. The maximum absolute atomic E-state index is 8.46. The summed E-state index contributed by atoms with van der Waals surface area (Å²) in [6, 6.07) is 0. The van der Waals surface area contributed by atoms with Crippen molar-refractivity contribution in [2.75, 3.05) is 0 Å². The molecule has 6 atom stereocenters. The second kappa shape index (κ2) is 7.54. The van der Waals surface area contributed by atoms with Crippen molar-refractivity contribution in [1.29, 1.82) is 0 Å². The molecule has 2 N–H and O–H groups in total. The number of oxime groups is 2. The Balaban J connectivity index is 0.000000141. The van der Waals surface area contributed by atoms with Crippen molar-refractivity contribution in [2.45, 2.75) is 52.4 Å². The number of rotatable bonds is 2. The lowest BCUT2D eigenvalue weighted by Crippen LogP contribution is -2.13. The third kappa shape index (κ3) is 3.28. The first-order valence-electron chi connectivity index (χ1n) is 9.35. The Hall–Kier alpha value is -1.58. The molecule has 0 aromatic carbocycles. The average molecular weight is 330 g/mol. The van der Waals surface area contributed by atoms with Crippen molar-refractivity contribution in [3.05, 3.63) is 23.3 Å². The smallest absolute Gasteiger partial charge is 0.0472 e. The fourth-order valence-corrected chi connectivity index (χ4v) is 5.63. The number of allylic oxidation sites excluding steroid dienone is 4. The van der Waals surface area contributed by atoms with Gasteiger partial charge in [-0.2, -0.15) is 0 Å². The van der Waals surface area contributed by atoms with Gasteiger partial charge in [-0.25, -0.2) is 0 Å². The Morgan fingerprint density at radius 3 is 2.08 bits per heavy atom. The van der Waals surface area contributed by atoms with Crippen LogP contribution in [-0.4, -0.2) is 22.8 Å². The van der Waals surface area contributed by atoms with Crippen LogP contribution in [0.2, 0.25) is 0 Å². The van der Waals surface area contributed by atoms with Crippen molar-refractivity contribution in [3.8, 4) is 0 Å². The van der Waals surface area contributed by atoms with Gasteiger partial charge in [0.2, 0.25) is 0 Å². The predicted molar refractivity (Wildman–Crippen MR) is 96.7 cm³/mol. The molecule has 0 aromatic heterocycles. The third-order valence-corrected chi connectivity index (χ3v) is 6.74. The maximum atomic E-state index is 8.46. The van der Waals surface area contributed by atoms with E-state index in [1.165, 1.54) is 38.5 Å². The third-order valence-electron chi connectivity index (χ3n) is 6.74. The molecule has 4 nitrogen and oxygen atoms in total. The van der Waals surface area contributed by atoms with Gasteiger partial charge in [-0.05, 0) is 76.0 Å². The lowest BCUT2D eigenvalue weighted by molar-refractivity contribution is 0.314. The molecule has 0 radical (unpaired) electrons. The molecule has 4 heteroatoms. The van der Waals surface area contributed by atoms with Gasteiger partial charge in [-0.15, -0.1) is 10.3 Å². The first-order valence-corrected chi connectivity index (χ1v) is 9.35. The molecule has 4 saturated carbocycles. The predicted octanol–water partition coefficient (Wildman–Crippen LogP) is 4.88. The second-order valence-corrected chi connectivity index (χ2v) is 7.86. The van der Waals surface area contributed by atoms with Crippen LogP contribution in [0, 0.1) is 35.5 Å². The van der Waals surface area contributed by atoms with E-state index in [0.29, 0.717) is 17.8 Å². The molecule has 24 heavy (non-hydrogen) atoms. The Morgan fingerprint density at radius 2 is 1.54 bits per heavy atom. The molecule has 6 unspecified atom stereocenters. The van der Waals surface area contributed by atoms with E-state index >= 15 is 0 Å². The highest BCUT2D eigenvalue weighted by Crippen LogP contribution is 2.51. The maximum Gasteiger partial charge on any atom is 0.0472 e. The molecule has 4 fully saturated rings. The second-order valence-electron chi connectivity index (χ2n) is 7.86. The monoisotopic (exact) mass is 330 g/mol. The number of nitrogens with zero attached hydrogens (tertiary/aromatic N) is 2. The summed E-state index contributed by atoms with van der Waals surface area (Å²) in [6.45, 7) is 4.24. The highest BCUT2D eigenvalue weighted by Gasteiger charge is 2.42.